The molecule has 3 aliphatic heterocycles. The van der Waals surface area contributed by atoms with Gasteiger partial charge in [0.1, 0.15) is 6.04 Å². The van der Waals surface area contributed by atoms with Crippen molar-refractivity contribution in [2.45, 2.75) is 157 Å². The third-order valence-electron chi connectivity index (χ3n) is 21.7. The fourth-order valence-corrected chi connectivity index (χ4v) is 24.8. The van der Waals surface area contributed by atoms with Crippen molar-refractivity contribution >= 4 is 119 Å². The van der Waals surface area contributed by atoms with Gasteiger partial charge >= 0.3 is 362 Å². The third kappa shape index (κ3) is 18.1. The third-order valence-corrected chi connectivity index (χ3v) is 29.2. The number of nitrogens with one attached hydrogen (secondary N) is 2. The number of hydrogen-bond acceptors (Lipinski definition) is 24. The Labute approximate surface area is 651 Å². The quantitative estimate of drug-likeness (QED) is 0.00907. The number of para-hydroxylation sites is 1. The Kier molecular flexibility index (Phi) is 23.5. The monoisotopic (exact) mass is 1660 g/mol. The fraction of sp³-hybridized carbons (Fsp3) is 0.461. The molecule has 6 heterocycles. The van der Waals surface area contributed by atoms with Crippen molar-refractivity contribution in [1.29, 1.82) is 0 Å². The molecular formula is C76H85AsN8O24S3. The Hall–Kier alpha value is -8.97. The van der Waals surface area contributed by atoms with Crippen LogP contribution in [-0.4, -0.2) is 235 Å². The van der Waals surface area contributed by atoms with Gasteiger partial charge in [-0.15, -0.1) is 0 Å². The Morgan fingerprint density at radius 2 is 1.52 bits per heavy atom. The summed E-state index contributed by atoms with van der Waals surface area (Å²) in [5, 5.41) is 65.2. The number of unbranched alkanes of at least 4 members (excludes halogenated alkanes) is 1. The van der Waals surface area contributed by atoms with Crippen LogP contribution in [0.25, 0.3) is 43.4 Å². The number of thiazole rings is 1. The number of imide groups is 1. The number of aromatic carboxylic acids is 1. The topological polar surface area (TPSA) is 467 Å². The van der Waals surface area contributed by atoms with Crippen LogP contribution in [0.15, 0.2) is 109 Å². The number of rotatable bonds is 33. The Morgan fingerprint density at radius 3 is 2.23 bits per heavy atom. The van der Waals surface area contributed by atoms with Gasteiger partial charge in [-0.2, -0.15) is 8.42 Å². The van der Waals surface area contributed by atoms with E-state index in [1.165, 1.54) is 23.5 Å². The Bertz CT molecular complexity index is 5080. The van der Waals surface area contributed by atoms with E-state index in [9.17, 15) is 85.3 Å². The van der Waals surface area contributed by atoms with E-state index in [1.807, 2.05) is 60.1 Å². The average molecular weight is 1670 g/mol. The molecule has 4 bridgehead atoms. The number of benzene rings is 4. The molecule has 10 atom stereocenters. The number of carbonyl (C=O) groups is 8. The van der Waals surface area contributed by atoms with Gasteiger partial charge in [-0.3, -0.25) is 38.7 Å². The first-order valence-corrected chi connectivity index (χ1v) is 44.0. The molecule has 4 aromatic carbocycles. The number of carboxylic acid groups (broad SMARTS) is 2. The number of carboxylic acids is 2. The Morgan fingerprint density at radius 1 is 0.777 bits per heavy atom. The Balaban J connectivity index is 0.663. The van der Waals surface area contributed by atoms with E-state index in [4.69, 9.17) is 38.3 Å². The van der Waals surface area contributed by atoms with E-state index in [1.54, 1.807) is 36.5 Å². The number of aliphatic hydroxyl groups is 3. The van der Waals surface area contributed by atoms with Crippen molar-refractivity contribution in [3.63, 3.8) is 0 Å². The number of anilines is 1. The second-order valence-electron chi connectivity index (χ2n) is 30.6. The maximum atomic E-state index is 14.4. The van der Waals surface area contributed by atoms with Crippen LogP contribution in [0.5, 0.6) is 5.75 Å². The van der Waals surface area contributed by atoms with Crippen LogP contribution < -0.4 is 15.4 Å². The van der Waals surface area contributed by atoms with Crippen molar-refractivity contribution in [2.75, 3.05) is 49.7 Å². The summed E-state index contributed by atoms with van der Waals surface area (Å²) in [6, 6.07) is 24.5. The first-order valence-electron chi connectivity index (χ1n) is 36.4. The summed E-state index contributed by atoms with van der Waals surface area (Å²) >= 11 is -1.74. The number of carbonyl (C=O) groups excluding carboxylic acids is 6. The van der Waals surface area contributed by atoms with Crippen molar-refractivity contribution in [3.8, 4) is 28.1 Å². The van der Waals surface area contributed by atoms with Gasteiger partial charge in [-0.1, -0.05) is 47.7 Å². The summed E-state index contributed by atoms with van der Waals surface area (Å²) in [5.74, 6) is -7.66. The number of aromatic nitrogens is 4. The number of likely N-dealkylation sites (tertiary alicyclic amines) is 1. The molecule has 112 heavy (non-hydrogen) atoms. The standard InChI is InChI=1S/C76H85AsN8O24S3/c1-43-52(49-18-19-53(80-61(49)68(94)95)46-17-16-45-10-8-11-50(51(45)30-46)66(92)82-72-81-54-12-4-5-13-57(54)110-72)32-79-84(43)42-75-37-73(2)36-74(3,38-75)40-76(39-73,41-75)107-25-22-77(23-27-111(99,100)101)71(98)106-34-47-15-14-44(29-56(47)108-70-64(91)62(89)63(90)65(109-70)69(96)97)9-6-7-24-78-58(86)33-83-48(35-105-26-28-112(102,103)104)31-55(67(83)93)85-59(87)20-21-60(85)88/h4-5,8,10-21,29-30,32,48,55,62-65,70,89-91H,6-7,9,22-28,31,33-42H2,1-3H3,(H,78,86)(H,94,95)(H,96,97)(H,81,82,92)(H,99,100,101)(H,102,103,104)/t48-,55-,62-,63-,64+,65-,70+,73?,74?,75?,76?,77?/m0/s1. The number of fused-ring (bicyclic) bond motifs is 2. The van der Waals surface area contributed by atoms with Gasteiger partial charge in [0.25, 0.3) is 27.8 Å². The second-order valence-corrected chi connectivity index (χ2v) is 39.7. The zero-order valence-corrected chi connectivity index (χ0v) is 65.5. The number of nitrogens with zero attached hydrogens (tertiary/aromatic N) is 6. The van der Waals surface area contributed by atoms with Crippen molar-refractivity contribution in [2.24, 2.45) is 16.2 Å². The number of aliphatic hydroxyl groups excluding tert-OH is 3. The van der Waals surface area contributed by atoms with Crippen LogP contribution in [0, 0.1) is 23.2 Å². The van der Waals surface area contributed by atoms with E-state index < -0.39 is 155 Å². The van der Waals surface area contributed by atoms with Crippen molar-refractivity contribution in [1.82, 2.24) is 34.9 Å². The summed E-state index contributed by atoms with van der Waals surface area (Å²) in [6.07, 6.45) is -0.812. The molecule has 7 aromatic rings. The predicted molar refractivity (Wildman–Crippen MR) is 404 cm³/mol. The molecule has 6 fully saturated rings. The minimum atomic E-state index is -4.57. The zero-order chi connectivity index (χ0) is 80.0. The van der Waals surface area contributed by atoms with Crippen LogP contribution in [0.1, 0.15) is 109 Å². The molecule has 4 aliphatic carbocycles. The average Bonchev–Trinajstić information content (AvgIpc) is 0.861. The van der Waals surface area contributed by atoms with Gasteiger partial charge in [-0.05, 0) is 41.1 Å². The van der Waals surface area contributed by atoms with Crippen LogP contribution in [0.3, 0.4) is 0 Å². The number of aryl methyl sites for hydroxylation is 1. The minimum absolute atomic E-state index is 0.0415. The molecule has 9 N–H and O–H groups in total. The molecule has 4 saturated carbocycles. The molecule has 14 rings (SSSR count). The van der Waals surface area contributed by atoms with Gasteiger partial charge in [0.05, 0.1) is 47.5 Å². The van der Waals surface area contributed by atoms with E-state index in [-0.39, 0.29) is 82.2 Å². The summed E-state index contributed by atoms with van der Waals surface area (Å²) < 4.78 is 98.5. The van der Waals surface area contributed by atoms with Gasteiger partial charge in [0.2, 0.25) is 11.8 Å². The summed E-state index contributed by atoms with van der Waals surface area (Å²) in [4.78, 5) is 117. The normalized spacial score (nSPS) is 25.8. The summed E-state index contributed by atoms with van der Waals surface area (Å²) in [7, 11) is -8.96. The van der Waals surface area contributed by atoms with E-state index in [0.29, 0.717) is 82.7 Å². The zero-order valence-electron chi connectivity index (χ0n) is 61.2. The SMILES string of the molecule is Cc1c(-c2ccc(-c3ccc4cccc(C(=O)Nc5nc6ccccc6s5)c4c3)nc2C(=O)O)cnn1CC12CC3(C)CC(C)(C1)CC(OCC[As](CCS(=O)(=O)O)C(=O)OCc1ccc(CCCCNC(=O)CN4C(=O)[C@@H](N5C(=O)C=CC5=O)C[C@H]4COCCS(=O)(=O)O)cc1O[C@@H]1O[C@H](C(=O)O)[C@@H](O)[C@H](O)[C@H]1O)(C3)C2. The van der Waals surface area contributed by atoms with Gasteiger partial charge in [-0.25, -0.2) is 14.8 Å². The predicted octanol–water partition coefficient (Wildman–Crippen LogP) is 6.58. The van der Waals surface area contributed by atoms with Crippen LogP contribution in [0.4, 0.5) is 9.93 Å². The van der Waals surface area contributed by atoms with E-state index in [2.05, 4.69) is 29.5 Å². The molecule has 0 radical (unpaired) electrons. The molecule has 596 valence electrons. The fourth-order valence-electron chi connectivity index (χ4n) is 17.9. The number of pyridine rings is 1. The molecule has 3 aromatic heterocycles. The molecule has 7 aliphatic rings. The first kappa shape index (κ1) is 81.1. The number of hydrogen-bond donors (Lipinski definition) is 9. The summed E-state index contributed by atoms with van der Waals surface area (Å²) in [6.45, 7) is 5.24. The van der Waals surface area contributed by atoms with Crippen LogP contribution in [0.2, 0.25) is 10.4 Å². The van der Waals surface area contributed by atoms with Gasteiger partial charge in [0, 0.05) is 29.7 Å². The van der Waals surface area contributed by atoms with E-state index in [0.717, 1.165) is 62.5 Å². The molecule has 2 saturated heterocycles. The second kappa shape index (κ2) is 32.5. The first-order chi connectivity index (χ1) is 53.1. The molecule has 36 heteroatoms. The molecule has 0 spiro atoms. The molecule has 3 unspecified atom stereocenters. The maximum absolute atomic E-state index is 14.4. The van der Waals surface area contributed by atoms with Crippen molar-refractivity contribution in [3.05, 3.63) is 137 Å². The number of amides is 5. The molecular weight excluding hydrogens is 1580 g/mol. The van der Waals surface area contributed by atoms with Crippen LogP contribution in [-0.2, 0) is 82.7 Å². The number of ether oxygens (including phenoxy) is 5. The van der Waals surface area contributed by atoms with E-state index >= 15 is 0 Å². The van der Waals surface area contributed by atoms with Crippen LogP contribution >= 0.6 is 11.3 Å². The summed E-state index contributed by atoms with van der Waals surface area (Å²) in [5.41, 5.74) is 2.96. The molecule has 32 nitrogen and oxygen atoms in total. The molecule has 5 amide bonds. The van der Waals surface area contributed by atoms with Crippen molar-refractivity contribution < 1.29 is 114 Å². The van der Waals surface area contributed by atoms with Gasteiger partial charge < -0.3 is 14.7 Å². The van der Waals surface area contributed by atoms with Gasteiger partial charge in [0.15, 0.2) is 5.13 Å². The number of aliphatic carboxylic acids is 1.